The summed E-state index contributed by atoms with van der Waals surface area (Å²) in [5.41, 5.74) is 3.38. The Morgan fingerprint density at radius 1 is 1.14 bits per heavy atom. The molecule has 0 spiro atoms. The normalized spacial score (nSPS) is 14.1. The number of nitrogens with one attached hydrogen (secondary N) is 1. The number of carbonyl (C=O) groups is 2. The van der Waals surface area contributed by atoms with Crippen LogP contribution in [0, 0.1) is 6.92 Å². The summed E-state index contributed by atoms with van der Waals surface area (Å²) in [7, 11) is 1.28. The van der Waals surface area contributed by atoms with Crippen LogP contribution in [0.1, 0.15) is 32.8 Å². The maximum Gasteiger partial charge on any atom is 0.360 e. The summed E-state index contributed by atoms with van der Waals surface area (Å²) in [6.07, 6.45) is 2.00. The van der Waals surface area contributed by atoms with Crippen molar-refractivity contribution in [3.8, 4) is 11.3 Å². The number of rotatable bonds is 8. The van der Waals surface area contributed by atoms with Crippen molar-refractivity contribution in [1.82, 2.24) is 15.2 Å². The molecule has 184 valence electrons. The van der Waals surface area contributed by atoms with Crippen molar-refractivity contribution >= 4 is 29.2 Å². The number of anilines is 1. The predicted molar refractivity (Wildman–Crippen MR) is 135 cm³/mol. The van der Waals surface area contributed by atoms with Crippen molar-refractivity contribution < 1.29 is 18.7 Å². The molecule has 1 aliphatic rings. The topological polar surface area (TPSA) is 87.9 Å². The van der Waals surface area contributed by atoms with Crippen molar-refractivity contribution in [2.24, 2.45) is 0 Å². The van der Waals surface area contributed by atoms with E-state index < -0.39 is 5.97 Å². The molecule has 1 aliphatic heterocycles. The first-order chi connectivity index (χ1) is 17.0. The van der Waals surface area contributed by atoms with Gasteiger partial charge < -0.3 is 19.4 Å². The molecule has 0 radical (unpaired) electrons. The maximum atomic E-state index is 12.9. The van der Waals surface area contributed by atoms with Gasteiger partial charge in [0.25, 0.3) is 5.91 Å². The number of carbonyl (C=O) groups excluding carboxylic acids is 2. The van der Waals surface area contributed by atoms with Crippen molar-refractivity contribution in [3.05, 3.63) is 70.7 Å². The molecule has 2 heterocycles. The van der Waals surface area contributed by atoms with Crippen LogP contribution in [-0.4, -0.2) is 68.1 Å². The lowest BCUT2D eigenvalue weighted by atomic mass is 10.0. The molecule has 1 amide bonds. The molecule has 1 aromatic heterocycles. The number of piperazine rings is 1. The van der Waals surface area contributed by atoms with E-state index in [1.165, 1.54) is 24.8 Å². The highest BCUT2D eigenvalue weighted by atomic mass is 35.5. The summed E-state index contributed by atoms with van der Waals surface area (Å²) in [6.45, 7) is 7.37. The molecule has 0 saturated carbocycles. The Labute approximate surface area is 209 Å². The second kappa shape index (κ2) is 11.4. The Morgan fingerprint density at radius 2 is 1.91 bits per heavy atom. The van der Waals surface area contributed by atoms with Gasteiger partial charge in [0.2, 0.25) is 0 Å². The molecular formula is C26H29ClN4O4. The van der Waals surface area contributed by atoms with Crippen LogP contribution in [0.2, 0.25) is 5.02 Å². The molecule has 1 fully saturated rings. The van der Waals surface area contributed by atoms with Gasteiger partial charge in [-0.2, -0.15) is 0 Å². The number of halogens is 1. The lowest BCUT2D eigenvalue weighted by Crippen LogP contribution is -2.47. The molecule has 1 N–H and O–H groups in total. The molecule has 0 aliphatic carbocycles. The molecule has 2 aromatic carbocycles. The fourth-order valence-electron chi connectivity index (χ4n) is 4.29. The van der Waals surface area contributed by atoms with Crippen LogP contribution in [0.25, 0.3) is 11.3 Å². The highest BCUT2D eigenvalue weighted by Gasteiger charge is 2.23. The largest absolute Gasteiger partial charge is 0.464 e. The fourth-order valence-corrected chi connectivity index (χ4v) is 4.46. The van der Waals surface area contributed by atoms with Crippen LogP contribution < -0.4 is 10.2 Å². The van der Waals surface area contributed by atoms with Gasteiger partial charge in [-0.3, -0.25) is 9.69 Å². The number of esters is 1. The molecule has 9 heteroatoms. The van der Waals surface area contributed by atoms with Gasteiger partial charge >= 0.3 is 5.97 Å². The number of oxazole rings is 1. The molecule has 1 saturated heterocycles. The van der Waals surface area contributed by atoms with Gasteiger partial charge in [-0.25, -0.2) is 9.78 Å². The Bertz CT molecular complexity index is 1190. The Kier molecular flexibility index (Phi) is 8.05. The average Bonchev–Trinajstić information content (AvgIpc) is 3.38. The van der Waals surface area contributed by atoms with Gasteiger partial charge in [-0.1, -0.05) is 35.9 Å². The third kappa shape index (κ3) is 5.83. The lowest BCUT2D eigenvalue weighted by molar-refractivity contribution is 0.0595. The first kappa shape index (κ1) is 24.8. The lowest BCUT2D eigenvalue weighted by Gasteiger charge is -2.37. The Balaban J connectivity index is 1.28. The van der Waals surface area contributed by atoms with Crippen LogP contribution in [0.15, 0.2) is 53.3 Å². The second-order valence-electron chi connectivity index (χ2n) is 8.44. The van der Waals surface area contributed by atoms with Gasteiger partial charge in [0.1, 0.15) is 0 Å². The van der Waals surface area contributed by atoms with E-state index in [0.717, 1.165) is 44.2 Å². The number of benzene rings is 2. The molecule has 0 unspecified atom stereocenters. The van der Waals surface area contributed by atoms with E-state index in [9.17, 15) is 9.59 Å². The third-order valence-electron chi connectivity index (χ3n) is 6.18. The predicted octanol–water partition coefficient (Wildman–Crippen LogP) is 4.03. The molecule has 0 atom stereocenters. The van der Waals surface area contributed by atoms with E-state index in [-0.39, 0.29) is 17.4 Å². The van der Waals surface area contributed by atoms with E-state index in [1.54, 1.807) is 24.3 Å². The van der Waals surface area contributed by atoms with Gasteiger partial charge in [0.15, 0.2) is 17.8 Å². The van der Waals surface area contributed by atoms with Gasteiger partial charge in [-0.05, 0) is 43.7 Å². The van der Waals surface area contributed by atoms with Crippen molar-refractivity contribution in [3.63, 3.8) is 0 Å². The van der Waals surface area contributed by atoms with Crippen LogP contribution in [0.4, 0.5) is 5.69 Å². The van der Waals surface area contributed by atoms with Gasteiger partial charge in [0.05, 0.1) is 12.7 Å². The van der Waals surface area contributed by atoms with Crippen molar-refractivity contribution in [2.75, 3.05) is 51.3 Å². The maximum absolute atomic E-state index is 12.9. The summed E-state index contributed by atoms with van der Waals surface area (Å²) >= 11 is 6.19. The van der Waals surface area contributed by atoms with Gasteiger partial charge in [0, 0.05) is 49.0 Å². The number of aryl methyl sites for hydroxylation is 1. The number of hydrogen-bond acceptors (Lipinski definition) is 7. The van der Waals surface area contributed by atoms with Crippen LogP contribution >= 0.6 is 11.6 Å². The van der Waals surface area contributed by atoms with Crippen LogP contribution in [0.3, 0.4) is 0 Å². The number of methoxy groups -OCH3 is 1. The molecule has 35 heavy (non-hydrogen) atoms. The molecule has 4 rings (SSSR count). The smallest absolute Gasteiger partial charge is 0.360 e. The standard InChI is InChI=1S/C26H29ClN4O4/c1-18-8-9-19(27)16-22(18)31-14-12-30(13-15-31)11-5-10-28-25(32)21-7-4-3-6-20(21)24-23(26(33)34-2)29-17-35-24/h3-4,6-9,16-17H,5,10-15H2,1-2H3,(H,28,32). The fraction of sp³-hybridized carbons (Fsp3) is 0.346. The quantitative estimate of drug-likeness (QED) is 0.372. The zero-order valence-corrected chi connectivity index (χ0v) is 20.7. The van der Waals surface area contributed by atoms with Gasteiger partial charge in [-0.15, -0.1) is 0 Å². The van der Waals surface area contributed by atoms with Crippen molar-refractivity contribution in [1.29, 1.82) is 0 Å². The van der Waals surface area contributed by atoms with Crippen molar-refractivity contribution in [2.45, 2.75) is 13.3 Å². The van der Waals surface area contributed by atoms with E-state index in [0.29, 0.717) is 17.7 Å². The minimum Gasteiger partial charge on any atom is -0.464 e. The second-order valence-corrected chi connectivity index (χ2v) is 8.87. The summed E-state index contributed by atoms with van der Waals surface area (Å²) in [5, 5.41) is 3.74. The molecular weight excluding hydrogens is 468 g/mol. The summed E-state index contributed by atoms with van der Waals surface area (Å²) in [4.78, 5) is 33.6. The van der Waals surface area contributed by atoms with E-state index >= 15 is 0 Å². The summed E-state index contributed by atoms with van der Waals surface area (Å²) in [5.74, 6) is -0.626. The average molecular weight is 497 g/mol. The number of nitrogens with zero attached hydrogens (tertiary/aromatic N) is 3. The van der Waals surface area contributed by atoms with Crippen LogP contribution in [0.5, 0.6) is 0 Å². The van der Waals surface area contributed by atoms with E-state index in [4.69, 9.17) is 20.8 Å². The molecule has 3 aromatic rings. The Morgan fingerprint density at radius 3 is 2.69 bits per heavy atom. The number of hydrogen-bond donors (Lipinski definition) is 1. The Hall–Kier alpha value is -3.36. The van der Waals surface area contributed by atoms with E-state index in [2.05, 4.69) is 33.1 Å². The number of ether oxygens (including phenoxy) is 1. The minimum absolute atomic E-state index is 0.0415. The molecule has 8 nitrogen and oxygen atoms in total. The highest BCUT2D eigenvalue weighted by molar-refractivity contribution is 6.30. The first-order valence-corrected chi connectivity index (χ1v) is 12.0. The summed E-state index contributed by atoms with van der Waals surface area (Å²) in [6, 6.07) is 13.0. The zero-order chi connectivity index (χ0) is 24.8. The van der Waals surface area contributed by atoms with Crippen LogP contribution in [-0.2, 0) is 4.74 Å². The first-order valence-electron chi connectivity index (χ1n) is 11.6. The van der Waals surface area contributed by atoms with E-state index in [1.807, 2.05) is 12.1 Å². The third-order valence-corrected chi connectivity index (χ3v) is 6.42. The SMILES string of the molecule is COC(=O)c1ncoc1-c1ccccc1C(=O)NCCCN1CCN(c2cc(Cl)ccc2C)CC1. The molecule has 0 bridgehead atoms. The zero-order valence-electron chi connectivity index (χ0n) is 19.9. The number of aromatic nitrogens is 1. The number of amides is 1. The summed E-state index contributed by atoms with van der Waals surface area (Å²) < 4.78 is 10.2. The monoisotopic (exact) mass is 496 g/mol. The minimum atomic E-state index is -0.616. The highest BCUT2D eigenvalue weighted by Crippen LogP contribution is 2.28.